The van der Waals surface area contributed by atoms with Gasteiger partial charge in [0.25, 0.3) is 5.91 Å². The highest BCUT2D eigenvalue weighted by atomic mass is 16.2. The molecule has 1 fully saturated rings. The molecule has 156 valence electrons. The average molecular weight is 412 g/mol. The van der Waals surface area contributed by atoms with E-state index in [1.54, 1.807) is 0 Å². The molecular formula is C25H25N5O. The first kappa shape index (κ1) is 19.3. The molecule has 6 heteroatoms. The Morgan fingerprint density at radius 2 is 1.65 bits per heavy atom. The maximum Gasteiger partial charge on any atom is 0.253 e. The molecule has 4 aromatic rings. The van der Waals surface area contributed by atoms with E-state index in [0.29, 0.717) is 0 Å². The SMILES string of the molecule is O=C(c1ccccc1)N1CCC(c2nc3ccc(NCc4ccccc4)cn3n2)CC1. The van der Waals surface area contributed by atoms with E-state index in [0.717, 1.165) is 55.2 Å². The highest BCUT2D eigenvalue weighted by molar-refractivity contribution is 5.94. The zero-order chi connectivity index (χ0) is 21.0. The smallest absolute Gasteiger partial charge is 0.253 e. The molecule has 0 saturated carbocycles. The van der Waals surface area contributed by atoms with Crippen LogP contribution in [0.3, 0.4) is 0 Å². The van der Waals surface area contributed by atoms with Crippen LogP contribution in [0.2, 0.25) is 0 Å². The normalized spacial score (nSPS) is 14.6. The number of benzene rings is 2. The summed E-state index contributed by atoms with van der Waals surface area (Å²) in [6.45, 7) is 2.23. The fourth-order valence-electron chi connectivity index (χ4n) is 4.08. The summed E-state index contributed by atoms with van der Waals surface area (Å²) in [6.07, 6.45) is 3.76. The van der Waals surface area contributed by atoms with Crippen LogP contribution in [0.5, 0.6) is 0 Å². The maximum absolute atomic E-state index is 12.7. The summed E-state index contributed by atoms with van der Waals surface area (Å²) >= 11 is 0. The van der Waals surface area contributed by atoms with Crippen molar-refractivity contribution in [1.29, 1.82) is 0 Å². The first-order chi connectivity index (χ1) is 15.3. The van der Waals surface area contributed by atoms with Crippen molar-refractivity contribution >= 4 is 17.2 Å². The van der Waals surface area contributed by atoms with Crippen molar-refractivity contribution in [2.24, 2.45) is 0 Å². The topological polar surface area (TPSA) is 62.5 Å². The molecule has 0 spiro atoms. The number of carbonyl (C=O) groups excluding carboxylic acids is 1. The van der Waals surface area contributed by atoms with Gasteiger partial charge in [-0.3, -0.25) is 4.79 Å². The Morgan fingerprint density at radius 3 is 2.39 bits per heavy atom. The molecule has 6 nitrogen and oxygen atoms in total. The number of hydrogen-bond acceptors (Lipinski definition) is 4. The van der Waals surface area contributed by atoms with Gasteiger partial charge < -0.3 is 10.2 Å². The quantitative estimate of drug-likeness (QED) is 0.530. The third kappa shape index (κ3) is 4.28. The van der Waals surface area contributed by atoms with Crippen molar-refractivity contribution in [3.8, 4) is 0 Å². The second-order valence-electron chi connectivity index (χ2n) is 7.96. The molecule has 2 aromatic carbocycles. The zero-order valence-corrected chi connectivity index (χ0v) is 17.3. The van der Waals surface area contributed by atoms with Gasteiger partial charge in [-0.15, -0.1) is 0 Å². The Hall–Kier alpha value is -3.67. The highest BCUT2D eigenvalue weighted by Gasteiger charge is 2.27. The number of carbonyl (C=O) groups is 1. The van der Waals surface area contributed by atoms with Crippen LogP contribution in [-0.2, 0) is 6.54 Å². The minimum atomic E-state index is 0.108. The number of likely N-dealkylation sites (tertiary alicyclic amines) is 1. The van der Waals surface area contributed by atoms with Crippen LogP contribution in [0.4, 0.5) is 5.69 Å². The van der Waals surface area contributed by atoms with Gasteiger partial charge in [0.2, 0.25) is 0 Å². The molecule has 1 aliphatic rings. The van der Waals surface area contributed by atoms with Crippen molar-refractivity contribution in [2.75, 3.05) is 18.4 Å². The molecule has 2 aromatic heterocycles. The lowest BCUT2D eigenvalue weighted by Crippen LogP contribution is -2.38. The van der Waals surface area contributed by atoms with Crippen LogP contribution in [0, 0.1) is 0 Å². The van der Waals surface area contributed by atoms with Crippen molar-refractivity contribution in [2.45, 2.75) is 25.3 Å². The van der Waals surface area contributed by atoms with Crippen LogP contribution in [0.1, 0.15) is 40.5 Å². The summed E-state index contributed by atoms with van der Waals surface area (Å²) in [6, 6.07) is 23.9. The molecule has 31 heavy (non-hydrogen) atoms. The van der Waals surface area contributed by atoms with Gasteiger partial charge in [0, 0.05) is 31.1 Å². The lowest BCUT2D eigenvalue weighted by Gasteiger charge is -2.30. The minimum absolute atomic E-state index is 0.108. The summed E-state index contributed by atoms with van der Waals surface area (Å²) in [5.74, 6) is 1.25. The van der Waals surface area contributed by atoms with Gasteiger partial charge in [0.1, 0.15) is 0 Å². The van der Waals surface area contributed by atoms with E-state index in [-0.39, 0.29) is 11.8 Å². The largest absolute Gasteiger partial charge is 0.380 e. The van der Waals surface area contributed by atoms with Gasteiger partial charge >= 0.3 is 0 Å². The van der Waals surface area contributed by atoms with Crippen LogP contribution in [-0.4, -0.2) is 38.5 Å². The Kier molecular flexibility index (Phi) is 5.35. The fraction of sp³-hybridized carbons (Fsp3) is 0.240. The third-order valence-electron chi connectivity index (χ3n) is 5.85. The summed E-state index contributed by atoms with van der Waals surface area (Å²) in [5, 5.41) is 8.19. The number of hydrogen-bond donors (Lipinski definition) is 1. The van der Waals surface area contributed by atoms with E-state index in [1.165, 1.54) is 5.56 Å². The number of anilines is 1. The van der Waals surface area contributed by atoms with Crippen LogP contribution in [0.15, 0.2) is 79.0 Å². The number of amides is 1. The predicted octanol–water partition coefficient (Wildman–Crippen LogP) is 4.36. The average Bonchev–Trinajstić information content (AvgIpc) is 3.27. The molecule has 5 rings (SSSR count). The zero-order valence-electron chi connectivity index (χ0n) is 17.3. The van der Waals surface area contributed by atoms with E-state index in [9.17, 15) is 4.79 Å². The standard InChI is InChI=1S/C25H25N5O/c31-25(21-9-5-2-6-10-21)29-15-13-20(14-16-29)24-27-23-12-11-22(18-30(23)28-24)26-17-19-7-3-1-4-8-19/h1-12,18,20,26H,13-17H2. The summed E-state index contributed by atoms with van der Waals surface area (Å²) in [7, 11) is 0. The highest BCUT2D eigenvalue weighted by Crippen LogP contribution is 2.27. The number of aromatic nitrogens is 3. The molecule has 1 aliphatic heterocycles. The Bertz CT molecular complexity index is 1160. The summed E-state index contributed by atoms with van der Waals surface area (Å²) in [4.78, 5) is 19.4. The Labute approximate surface area is 181 Å². The third-order valence-corrected chi connectivity index (χ3v) is 5.85. The summed E-state index contributed by atoms with van der Waals surface area (Å²) < 4.78 is 1.85. The Morgan fingerprint density at radius 1 is 0.935 bits per heavy atom. The van der Waals surface area contributed by atoms with Crippen LogP contribution in [0.25, 0.3) is 5.65 Å². The number of nitrogens with zero attached hydrogens (tertiary/aromatic N) is 4. The lowest BCUT2D eigenvalue weighted by molar-refractivity contribution is 0.0711. The van der Waals surface area contributed by atoms with Crippen LogP contribution < -0.4 is 5.32 Å². The van der Waals surface area contributed by atoms with Crippen molar-refractivity contribution in [3.05, 3.63) is 95.9 Å². The molecule has 3 heterocycles. The number of rotatable bonds is 5. The molecule has 0 radical (unpaired) electrons. The minimum Gasteiger partial charge on any atom is -0.380 e. The first-order valence-corrected chi connectivity index (χ1v) is 10.7. The van der Waals surface area contributed by atoms with E-state index >= 15 is 0 Å². The van der Waals surface area contributed by atoms with E-state index in [2.05, 4.69) is 17.4 Å². The predicted molar refractivity (Wildman–Crippen MR) is 121 cm³/mol. The molecule has 0 aliphatic carbocycles. The molecular weight excluding hydrogens is 386 g/mol. The number of nitrogens with one attached hydrogen (secondary N) is 1. The van der Waals surface area contributed by atoms with Gasteiger partial charge in [-0.25, -0.2) is 9.50 Å². The second kappa shape index (κ2) is 8.60. The van der Waals surface area contributed by atoms with Gasteiger partial charge in [-0.05, 0) is 42.7 Å². The molecule has 1 saturated heterocycles. The number of fused-ring (bicyclic) bond motifs is 1. The second-order valence-corrected chi connectivity index (χ2v) is 7.96. The fourth-order valence-corrected chi connectivity index (χ4v) is 4.08. The van der Waals surface area contributed by atoms with Crippen molar-refractivity contribution in [3.63, 3.8) is 0 Å². The van der Waals surface area contributed by atoms with Gasteiger partial charge in [-0.1, -0.05) is 48.5 Å². The summed E-state index contributed by atoms with van der Waals surface area (Å²) in [5.41, 5.74) is 3.85. The molecule has 0 atom stereocenters. The van der Waals surface area contributed by atoms with E-state index in [4.69, 9.17) is 10.1 Å². The van der Waals surface area contributed by atoms with Gasteiger partial charge in [-0.2, -0.15) is 5.10 Å². The number of piperidine rings is 1. The van der Waals surface area contributed by atoms with E-state index < -0.39 is 0 Å². The molecule has 1 N–H and O–H groups in total. The van der Waals surface area contributed by atoms with Gasteiger partial charge in [0.15, 0.2) is 11.5 Å². The Balaban J connectivity index is 1.23. The monoisotopic (exact) mass is 411 g/mol. The van der Waals surface area contributed by atoms with Crippen molar-refractivity contribution in [1.82, 2.24) is 19.5 Å². The number of pyridine rings is 1. The molecule has 0 bridgehead atoms. The lowest BCUT2D eigenvalue weighted by atomic mass is 9.95. The first-order valence-electron chi connectivity index (χ1n) is 10.7. The maximum atomic E-state index is 12.7. The molecule has 1 amide bonds. The van der Waals surface area contributed by atoms with E-state index in [1.807, 2.05) is 76.3 Å². The van der Waals surface area contributed by atoms with Crippen molar-refractivity contribution < 1.29 is 4.79 Å². The van der Waals surface area contributed by atoms with Gasteiger partial charge in [0.05, 0.1) is 11.9 Å². The molecule has 0 unspecified atom stereocenters. The van der Waals surface area contributed by atoms with Crippen LogP contribution >= 0.6 is 0 Å².